The number of rotatable bonds is 7. The normalized spacial score (nSPS) is 10.3. The molecule has 0 saturated heterocycles. The van der Waals surface area contributed by atoms with Gasteiger partial charge in [0.05, 0.1) is 24.6 Å². The fourth-order valence-corrected chi connectivity index (χ4v) is 2.47. The summed E-state index contributed by atoms with van der Waals surface area (Å²) >= 11 is 11.9. The van der Waals surface area contributed by atoms with Gasteiger partial charge in [-0.1, -0.05) is 29.3 Å². The Bertz CT molecular complexity index is 799. The van der Waals surface area contributed by atoms with Crippen molar-refractivity contribution in [3.8, 4) is 5.75 Å². The molecule has 0 saturated carbocycles. The van der Waals surface area contributed by atoms with Crippen LogP contribution in [0.5, 0.6) is 5.75 Å². The second-order valence-corrected chi connectivity index (χ2v) is 6.45. The molecule has 1 aromatic carbocycles. The van der Waals surface area contributed by atoms with Gasteiger partial charge in [-0.15, -0.1) is 0 Å². The van der Waals surface area contributed by atoms with Crippen LogP contribution < -0.4 is 10.1 Å². The molecule has 0 radical (unpaired) electrons. The number of nitrogens with zero attached hydrogens (tertiary/aromatic N) is 2. The maximum absolute atomic E-state index is 12.1. The summed E-state index contributed by atoms with van der Waals surface area (Å²) in [7, 11) is 1.55. The molecule has 1 N–H and O–H groups in total. The number of aromatic nitrogens is 1. The number of nitrogens with one attached hydrogen (secondary N) is 1. The topological polar surface area (TPSA) is 71.5 Å². The SMILES string of the molecule is Cc1ccnc(NC(=O)CN(C)C(=O)CCOc2cccc(Cl)c2Cl)c1. The van der Waals surface area contributed by atoms with Gasteiger partial charge < -0.3 is 15.0 Å². The third kappa shape index (κ3) is 5.89. The monoisotopic (exact) mass is 395 g/mol. The Morgan fingerprint density at radius 3 is 2.77 bits per heavy atom. The van der Waals surface area contributed by atoms with Crippen LogP contribution in [0.4, 0.5) is 5.82 Å². The van der Waals surface area contributed by atoms with Crippen molar-refractivity contribution >= 4 is 40.8 Å². The quantitative estimate of drug-likeness (QED) is 0.777. The second-order valence-electron chi connectivity index (χ2n) is 5.67. The smallest absolute Gasteiger partial charge is 0.245 e. The van der Waals surface area contributed by atoms with Crippen molar-refractivity contribution in [1.29, 1.82) is 0 Å². The minimum Gasteiger partial charge on any atom is -0.491 e. The number of hydrogen-bond donors (Lipinski definition) is 1. The number of anilines is 1. The van der Waals surface area contributed by atoms with Crippen molar-refractivity contribution in [3.05, 3.63) is 52.1 Å². The summed E-state index contributed by atoms with van der Waals surface area (Å²) in [6.07, 6.45) is 1.72. The van der Waals surface area contributed by atoms with E-state index in [0.717, 1.165) is 5.56 Å². The summed E-state index contributed by atoms with van der Waals surface area (Å²) < 4.78 is 5.48. The van der Waals surface area contributed by atoms with Crippen LogP contribution in [0.3, 0.4) is 0 Å². The number of hydrogen-bond acceptors (Lipinski definition) is 4. The van der Waals surface area contributed by atoms with Gasteiger partial charge in [0.2, 0.25) is 11.8 Å². The predicted octanol–water partition coefficient (Wildman–Crippen LogP) is 3.56. The standard InChI is InChI=1S/C18H19Cl2N3O3/c1-12-6-8-21-15(10-12)22-16(24)11-23(2)17(25)7-9-26-14-5-3-4-13(19)18(14)20/h3-6,8,10H,7,9,11H2,1-2H3,(H,21,22,24). The van der Waals surface area contributed by atoms with Gasteiger partial charge in [-0.25, -0.2) is 4.98 Å². The highest BCUT2D eigenvalue weighted by Gasteiger charge is 2.14. The number of likely N-dealkylation sites (N-methyl/N-ethyl adjacent to an activating group) is 1. The summed E-state index contributed by atoms with van der Waals surface area (Å²) in [5.41, 5.74) is 0.983. The van der Waals surface area contributed by atoms with Crippen LogP contribution in [0, 0.1) is 6.92 Å². The maximum Gasteiger partial charge on any atom is 0.245 e. The van der Waals surface area contributed by atoms with Gasteiger partial charge in [0, 0.05) is 13.2 Å². The fourth-order valence-electron chi connectivity index (χ4n) is 2.13. The first-order valence-electron chi connectivity index (χ1n) is 7.90. The number of ether oxygens (including phenoxy) is 1. The number of amides is 2. The second kappa shape index (κ2) is 9.40. The minimum atomic E-state index is -0.322. The Hall–Kier alpha value is -2.31. The molecule has 2 aromatic rings. The first kappa shape index (κ1) is 20.0. The van der Waals surface area contributed by atoms with E-state index in [2.05, 4.69) is 10.3 Å². The number of benzene rings is 1. The number of carbonyl (C=O) groups is 2. The fraction of sp³-hybridized carbons (Fsp3) is 0.278. The number of aryl methyl sites for hydroxylation is 1. The molecular weight excluding hydrogens is 377 g/mol. The van der Waals surface area contributed by atoms with E-state index in [0.29, 0.717) is 21.6 Å². The molecule has 0 unspecified atom stereocenters. The van der Waals surface area contributed by atoms with Crippen LogP contribution in [0.1, 0.15) is 12.0 Å². The van der Waals surface area contributed by atoms with Crippen LogP contribution in [0.15, 0.2) is 36.5 Å². The minimum absolute atomic E-state index is 0.0770. The van der Waals surface area contributed by atoms with Crippen molar-refractivity contribution in [1.82, 2.24) is 9.88 Å². The van der Waals surface area contributed by atoms with Crippen LogP contribution in [-0.2, 0) is 9.59 Å². The van der Waals surface area contributed by atoms with Gasteiger partial charge in [0.15, 0.2) is 0 Å². The van der Waals surface area contributed by atoms with E-state index >= 15 is 0 Å². The lowest BCUT2D eigenvalue weighted by Gasteiger charge is -2.17. The summed E-state index contributed by atoms with van der Waals surface area (Å²) in [4.78, 5) is 29.5. The van der Waals surface area contributed by atoms with E-state index in [1.807, 2.05) is 13.0 Å². The highest BCUT2D eigenvalue weighted by Crippen LogP contribution is 2.31. The van der Waals surface area contributed by atoms with Crippen LogP contribution in [-0.4, -0.2) is 41.9 Å². The summed E-state index contributed by atoms with van der Waals surface area (Å²) in [5.74, 6) is 0.320. The molecule has 2 amide bonds. The van der Waals surface area contributed by atoms with Crippen molar-refractivity contribution < 1.29 is 14.3 Å². The van der Waals surface area contributed by atoms with Gasteiger partial charge in [-0.05, 0) is 36.8 Å². The largest absolute Gasteiger partial charge is 0.491 e. The molecule has 6 nitrogen and oxygen atoms in total. The molecular formula is C18H19Cl2N3O3. The Morgan fingerprint density at radius 1 is 1.27 bits per heavy atom. The Morgan fingerprint density at radius 2 is 2.04 bits per heavy atom. The molecule has 0 aliphatic carbocycles. The number of carbonyl (C=O) groups excluding carboxylic acids is 2. The van der Waals surface area contributed by atoms with E-state index in [1.54, 1.807) is 37.5 Å². The molecule has 26 heavy (non-hydrogen) atoms. The van der Waals surface area contributed by atoms with E-state index in [4.69, 9.17) is 27.9 Å². The highest BCUT2D eigenvalue weighted by molar-refractivity contribution is 6.42. The van der Waals surface area contributed by atoms with E-state index in [-0.39, 0.29) is 31.4 Å². The Labute approximate surface area is 162 Å². The molecule has 0 fully saturated rings. The van der Waals surface area contributed by atoms with Crippen molar-refractivity contribution in [2.24, 2.45) is 0 Å². The first-order chi connectivity index (χ1) is 12.4. The van der Waals surface area contributed by atoms with Crippen molar-refractivity contribution in [2.45, 2.75) is 13.3 Å². The van der Waals surface area contributed by atoms with Gasteiger partial charge >= 0.3 is 0 Å². The zero-order valence-electron chi connectivity index (χ0n) is 14.5. The molecule has 0 aliphatic rings. The Kier molecular flexibility index (Phi) is 7.24. The summed E-state index contributed by atoms with van der Waals surface area (Å²) in [6.45, 7) is 1.95. The zero-order valence-corrected chi connectivity index (χ0v) is 16.0. The molecule has 1 heterocycles. The molecule has 1 aromatic heterocycles. The van der Waals surface area contributed by atoms with Gasteiger partial charge in [0.25, 0.3) is 0 Å². The first-order valence-corrected chi connectivity index (χ1v) is 8.65. The van der Waals surface area contributed by atoms with Gasteiger partial charge in [0.1, 0.15) is 16.6 Å². The molecule has 0 bridgehead atoms. The number of pyridine rings is 1. The van der Waals surface area contributed by atoms with Gasteiger partial charge in [-0.3, -0.25) is 9.59 Å². The maximum atomic E-state index is 12.1. The lowest BCUT2D eigenvalue weighted by molar-refractivity contribution is -0.133. The van der Waals surface area contributed by atoms with Crippen molar-refractivity contribution in [3.63, 3.8) is 0 Å². The average Bonchev–Trinajstić information content (AvgIpc) is 2.58. The van der Waals surface area contributed by atoms with Crippen LogP contribution >= 0.6 is 23.2 Å². The van der Waals surface area contributed by atoms with E-state index in [1.165, 1.54) is 4.90 Å². The lowest BCUT2D eigenvalue weighted by atomic mass is 10.3. The van der Waals surface area contributed by atoms with E-state index in [9.17, 15) is 9.59 Å². The third-order valence-corrected chi connectivity index (χ3v) is 4.28. The molecule has 138 valence electrons. The van der Waals surface area contributed by atoms with E-state index < -0.39 is 0 Å². The molecule has 2 rings (SSSR count). The van der Waals surface area contributed by atoms with Crippen molar-refractivity contribution in [2.75, 3.05) is 25.5 Å². The zero-order chi connectivity index (χ0) is 19.1. The predicted molar refractivity (Wildman–Crippen MR) is 102 cm³/mol. The summed E-state index contributed by atoms with van der Waals surface area (Å²) in [5, 5.41) is 3.35. The van der Waals surface area contributed by atoms with Gasteiger partial charge in [-0.2, -0.15) is 0 Å². The summed E-state index contributed by atoms with van der Waals surface area (Å²) in [6, 6.07) is 8.61. The van der Waals surface area contributed by atoms with Crippen LogP contribution in [0.2, 0.25) is 10.0 Å². The third-order valence-electron chi connectivity index (χ3n) is 3.48. The molecule has 0 spiro atoms. The van der Waals surface area contributed by atoms with Crippen LogP contribution in [0.25, 0.3) is 0 Å². The Balaban J connectivity index is 1.78. The average molecular weight is 396 g/mol. The molecule has 0 aliphatic heterocycles. The molecule has 8 heteroatoms. The number of halogens is 2. The molecule has 0 atom stereocenters. The highest BCUT2D eigenvalue weighted by atomic mass is 35.5. The lowest BCUT2D eigenvalue weighted by Crippen LogP contribution is -2.35.